The first-order valence-electron chi connectivity index (χ1n) is 18.2. The molecule has 0 saturated heterocycles. The maximum Gasteiger partial charge on any atom is 0.305 e. The largest absolute Gasteiger partial charge is 0.491 e. The second-order valence-corrected chi connectivity index (χ2v) is 13.0. The monoisotopic (exact) mass is 749 g/mol. The van der Waals surface area contributed by atoms with Crippen molar-refractivity contribution in [3.63, 3.8) is 0 Å². The number of hydrogen-bond acceptors (Lipinski definition) is 9. The Labute approximate surface area is 315 Å². The summed E-state index contributed by atoms with van der Waals surface area (Å²) in [5, 5.41) is 33.1. The van der Waals surface area contributed by atoms with Crippen molar-refractivity contribution in [1.29, 1.82) is 0 Å². The number of carboxylic acids is 1. The zero-order valence-electron chi connectivity index (χ0n) is 30.9. The first-order valence-corrected chi connectivity index (χ1v) is 18.2. The molecule has 6 N–H and O–H groups in total. The average Bonchev–Trinajstić information content (AvgIpc) is 3.49. The van der Waals surface area contributed by atoms with Crippen LogP contribution in [0.2, 0.25) is 0 Å². The van der Waals surface area contributed by atoms with Gasteiger partial charge in [-0.2, -0.15) is 0 Å². The third-order valence-corrected chi connectivity index (χ3v) is 8.51. The van der Waals surface area contributed by atoms with Gasteiger partial charge in [-0.05, 0) is 78.4 Å². The molecule has 0 radical (unpaired) electrons. The number of ether oxygens (including phenoxy) is 4. The molecule has 0 fully saturated rings. The molecule has 0 bridgehead atoms. The molecule has 12 nitrogen and oxygen atoms in total. The third-order valence-electron chi connectivity index (χ3n) is 8.51. The number of nitrogens with zero attached hydrogens (tertiary/aromatic N) is 1. The van der Waals surface area contributed by atoms with Crippen LogP contribution < -0.4 is 15.8 Å². The summed E-state index contributed by atoms with van der Waals surface area (Å²) in [6, 6.07) is 22.5. The van der Waals surface area contributed by atoms with Crippen molar-refractivity contribution < 1.29 is 48.2 Å². The molecule has 292 valence electrons. The molecule has 54 heavy (non-hydrogen) atoms. The maximum atomic E-state index is 14.4. The molecule has 0 unspecified atom stereocenters. The van der Waals surface area contributed by atoms with E-state index >= 15 is 0 Å². The summed E-state index contributed by atoms with van der Waals surface area (Å²) in [5.41, 5.74) is 9.82. The van der Waals surface area contributed by atoms with Gasteiger partial charge < -0.3 is 49.9 Å². The molecule has 0 saturated carbocycles. The van der Waals surface area contributed by atoms with Crippen LogP contribution in [0.25, 0.3) is 22.4 Å². The number of aliphatic hydroxyl groups is 2. The van der Waals surface area contributed by atoms with Crippen LogP contribution in [0.15, 0.2) is 78.9 Å². The van der Waals surface area contributed by atoms with E-state index in [1.807, 2.05) is 48.7 Å². The van der Waals surface area contributed by atoms with Gasteiger partial charge in [0.2, 0.25) is 0 Å². The lowest BCUT2D eigenvalue weighted by Crippen LogP contribution is -2.22. The number of anilines is 1. The second kappa shape index (κ2) is 21.9. The Morgan fingerprint density at radius 3 is 2.00 bits per heavy atom. The molecule has 1 amide bonds. The van der Waals surface area contributed by atoms with Crippen LogP contribution in [0.3, 0.4) is 0 Å². The molecule has 2 atom stereocenters. The minimum atomic E-state index is -1.21. The van der Waals surface area contributed by atoms with E-state index in [1.54, 1.807) is 36.4 Å². The molecule has 3 aromatic carbocycles. The zero-order chi connectivity index (χ0) is 38.9. The maximum absolute atomic E-state index is 14.4. The summed E-state index contributed by atoms with van der Waals surface area (Å²) in [7, 11) is 0. The highest BCUT2D eigenvalue weighted by Gasteiger charge is 2.31. The van der Waals surface area contributed by atoms with Crippen LogP contribution in [-0.2, 0) is 25.5 Å². The van der Waals surface area contributed by atoms with E-state index in [1.165, 1.54) is 12.1 Å². The number of hydrogen-bond donors (Lipinski definition) is 5. The smallest absolute Gasteiger partial charge is 0.305 e. The molecule has 0 aliphatic carbocycles. The van der Waals surface area contributed by atoms with Gasteiger partial charge in [0, 0.05) is 30.0 Å². The fraction of sp³-hybridized carbons (Fsp3) is 0.415. The van der Waals surface area contributed by atoms with Crippen LogP contribution in [0.5, 0.6) is 5.75 Å². The van der Waals surface area contributed by atoms with Gasteiger partial charge in [0.05, 0.1) is 69.5 Å². The van der Waals surface area contributed by atoms with Gasteiger partial charge in [0.1, 0.15) is 18.2 Å². The predicted molar refractivity (Wildman–Crippen MR) is 204 cm³/mol. The Kier molecular flexibility index (Phi) is 17.1. The number of carbonyl (C=O) groups is 2. The lowest BCUT2D eigenvalue weighted by atomic mass is 9.94. The number of rotatable bonds is 24. The van der Waals surface area contributed by atoms with Gasteiger partial charge in [0.15, 0.2) is 0 Å². The van der Waals surface area contributed by atoms with E-state index in [2.05, 4.69) is 5.32 Å². The molecule has 1 aromatic heterocycles. The standard InChI is InChI=1S/C41H52FN3O9/c1-28(2)39-38(41(50)44-32-12-14-35(15-13-32)54-25-24-53-23-22-52-21-20-51-19-17-43)37(29-6-4-3-5-7-29)40(30-8-10-31(42)11-9-30)45(39)18-16-33(46)26-34(47)27-36(48)49/h3-15,28,33-34,46-47H,16-27,43H2,1-2H3,(H,44,50)(H,48,49)/t33-,34-/m1/s1. The third kappa shape index (κ3) is 12.8. The van der Waals surface area contributed by atoms with Crippen molar-refractivity contribution in [3.05, 3.63) is 95.9 Å². The molecular formula is C41H52FN3O9. The van der Waals surface area contributed by atoms with Crippen molar-refractivity contribution in [1.82, 2.24) is 4.57 Å². The molecule has 13 heteroatoms. The van der Waals surface area contributed by atoms with E-state index in [0.29, 0.717) is 92.3 Å². The zero-order valence-corrected chi connectivity index (χ0v) is 30.9. The fourth-order valence-electron chi connectivity index (χ4n) is 6.16. The summed E-state index contributed by atoms with van der Waals surface area (Å²) in [4.78, 5) is 25.5. The minimum Gasteiger partial charge on any atom is -0.491 e. The SMILES string of the molecule is CC(C)c1c(C(=O)Nc2ccc(OCCOCCOCCOCCN)cc2)c(-c2ccccc2)c(-c2ccc(F)cc2)n1CC[C@@H](O)C[C@@H](O)CC(=O)O. The number of aliphatic carboxylic acids is 1. The highest BCUT2D eigenvalue weighted by Crippen LogP contribution is 2.42. The molecule has 1 heterocycles. The number of aromatic nitrogens is 1. The molecule has 4 rings (SSSR count). The van der Waals surface area contributed by atoms with Crippen LogP contribution in [0.1, 0.15) is 55.1 Å². The van der Waals surface area contributed by atoms with E-state index in [4.69, 9.17) is 29.8 Å². The number of nitrogens with one attached hydrogen (secondary N) is 1. The Morgan fingerprint density at radius 2 is 1.41 bits per heavy atom. The Morgan fingerprint density at radius 1 is 0.796 bits per heavy atom. The topological polar surface area (TPSA) is 175 Å². The summed E-state index contributed by atoms with van der Waals surface area (Å²) in [5.74, 6) is -1.48. The number of carboxylic acid groups (broad SMARTS) is 1. The highest BCUT2D eigenvalue weighted by molar-refractivity contribution is 6.12. The van der Waals surface area contributed by atoms with E-state index in [0.717, 1.165) is 5.56 Å². The summed E-state index contributed by atoms with van der Waals surface area (Å²) >= 11 is 0. The number of carbonyl (C=O) groups excluding carboxylic acids is 1. The van der Waals surface area contributed by atoms with Crippen molar-refractivity contribution in [2.45, 2.75) is 57.8 Å². The summed E-state index contributed by atoms with van der Waals surface area (Å²) in [6.07, 6.45) is -2.66. The summed E-state index contributed by atoms with van der Waals surface area (Å²) in [6.45, 7) is 7.71. The van der Waals surface area contributed by atoms with Gasteiger partial charge in [-0.25, -0.2) is 4.39 Å². The number of amides is 1. The molecular weight excluding hydrogens is 697 g/mol. The Balaban J connectivity index is 1.56. The van der Waals surface area contributed by atoms with Crippen molar-refractivity contribution in [2.75, 3.05) is 58.1 Å². The minimum absolute atomic E-state index is 0.122. The normalized spacial score (nSPS) is 12.5. The van der Waals surface area contributed by atoms with Gasteiger partial charge in [-0.3, -0.25) is 9.59 Å². The van der Waals surface area contributed by atoms with Gasteiger partial charge in [-0.15, -0.1) is 0 Å². The molecule has 0 aliphatic heterocycles. The van der Waals surface area contributed by atoms with Gasteiger partial charge in [-0.1, -0.05) is 44.2 Å². The van der Waals surface area contributed by atoms with Gasteiger partial charge in [0.25, 0.3) is 5.91 Å². The van der Waals surface area contributed by atoms with Crippen molar-refractivity contribution in [3.8, 4) is 28.1 Å². The number of nitrogens with two attached hydrogens (primary N) is 1. The van der Waals surface area contributed by atoms with Crippen molar-refractivity contribution >= 4 is 17.6 Å². The van der Waals surface area contributed by atoms with Crippen LogP contribution >= 0.6 is 0 Å². The fourth-order valence-corrected chi connectivity index (χ4v) is 6.16. The van der Waals surface area contributed by atoms with E-state index in [9.17, 15) is 24.2 Å². The molecule has 4 aromatic rings. The predicted octanol–water partition coefficient (Wildman–Crippen LogP) is 5.70. The lowest BCUT2D eigenvalue weighted by molar-refractivity contribution is -0.139. The molecule has 0 spiro atoms. The van der Waals surface area contributed by atoms with E-state index in [-0.39, 0.29) is 31.2 Å². The second-order valence-electron chi connectivity index (χ2n) is 13.0. The Bertz CT molecular complexity index is 1730. The lowest BCUT2D eigenvalue weighted by Gasteiger charge is -2.20. The number of halogens is 1. The Hall–Kier alpha value is -4.63. The van der Waals surface area contributed by atoms with Crippen LogP contribution in [-0.4, -0.2) is 96.8 Å². The number of benzene rings is 3. The number of aliphatic hydroxyl groups excluding tert-OH is 2. The van der Waals surface area contributed by atoms with Gasteiger partial charge >= 0.3 is 5.97 Å². The first-order chi connectivity index (χ1) is 26.1. The molecule has 0 aliphatic rings. The summed E-state index contributed by atoms with van der Waals surface area (Å²) < 4.78 is 38.2. The van der Waals surface area contributed by atoms with E-state index < -0.39 is 30.4 Å². The quantitative estimate of drug-likeness (QED) is 0.0559. The average molecular weight is 750 g/mol. The highest BCUT2D eigenvalue weighted by atomic mass is 19.1. The first kappa shape index (κ1) is 42.1. The van der Waals surface area contributed by atoms with Crippen LogP contribution in [0.4, 0.5) is 10.1 Å². The van der Waals surface area contributed by atoms with Crippen LogP contribution in [0, 0.1) is 5.82 Å². The van der Waals surface area contributed by atoms with Crippen molar-refractivity contribution in [2.24, 2.45) is 5.73 Å².